The van der Waals surface area contributed by atoms with Crippen molar-refractivity contribution < 1.29 is 14.0 Å². The molecule has 4 rings (SSSR count). The second-order valence-electron chi connectivity index (χ2n) is 7.58. The Kier molecular flexibility index (Phi) is 5.61. The van der Waals surface area contributed by atoms with E-state index in [4.69, 9.17) is 0 Å². The molecule has 0 atom stereocenters. The van der Waals surface area contributed by atoms with E-state index in [1.165, 1.54) is 29.8 Å². The summed E-state index contributed by atoms with van der Waals surface area (Å²) in [6, 6.07) is 19.1. The van der Waals surface area contributed by atoms with Gasteiger partial charge in [0.05, 0.1) is 0 Å². The quantitative estimate of drug-likeness (QED) is 0.690. The maximum atomic E-state index is 13.2. The fourth-order valence-corrected chi connectivity index (χ4v) is 3.69. The number of benzene rings is 3. The van der Waals surface area contributed by atoms with Crippen molar-refractivity contribution in [2.24, 2.45) is 0 Å². The van der Waals surface area contributed by atoms with E-state index in [0.717, 1.165) is 29.7 Å². The molecule has 5 heteroatoms. The first-order valence-electron chi connectivity index (χ1n) is 10.1. The van der Waals surface area contributed by atoms with Gasteiger partial charge in [0, 0.05) is 29.9 Å². The summed E-state index contributed by atoms with van der Waals surface area (Å²) >= 11 is 0. The van der Waals surface area contributed by atoms with Gasteiger partial charge in [0.2, 0.25) is 0 Å². The van der Waals surface area contributed by atoms with E-state index in [-0.39, 0.29) is 17.6 Å². The molecule has 1 aliphatic rings. The van der Waals surface area contributed by atoms with E-state index in [9.17, 15) is 14.0 Å². The molecule has 1 N–H and O–H groups in total. The highest BCUT2D eigenvalue weighted by Gasteiger charge is 2.24. The van der Waals surface area contributed by atoms with Crippen molar-refractivity contribution >= 4 is 17.5 Å². The van der Waals surface area contributed by atoms with E-state index >= 15 is 0 Å². The molecule has 4 nitrogen and oxygen atoms in total. The minimum absolute atomic E-state index is 0.139. The predicted molar refractivity (Wildman–Crippen MR) is 115 cm³/mol. The van der Waals surface area contributed by atoms with Crippen LogP contribution >= 0.6 is 0 Å². The second kappa shape index (κ2) is 8.49. The van der Waals surface area contributed by atoms with Gasteiger partial charge < -0.3 is 10.2 Å². The number of amides is 2. The zero-order valence-corrected chi connectivity index (χ0v) is 16.8. The Hall–Kier alpha value is -3.47. The van der Waals surface area contributed by atoms with Gasteiger partial charge >= 0.3 is 0 Å². The number of fused-ring (bicyclic) bond motifs is 1. The van der Waals surface area contributed by atoms with Gasteiger partial charge in [-0.3, -0.25) is 9.59 Å². The molecule has 2 amide bonds. The van der Waals surface area contributed by atoms with Gasteiger partial charge in [-0.05, 0) is 73.4 Å². The zero-order valence-electron chi connectivity index (χ0n) is 16.8. The molecule has 0 unspecified atom stereocenters. The molecule has 152 valence electrons. The molecule has 0 saturated carbocycles. The normalized spacial score (nSPS) is 12.9. The third-order valence-corrected chi connectivity index (χ3v) is 5.37. The number of nitrogens with zero attached hydrogens (tertiary/aromatic N) is 1. The summed E-state index contributed by atoms with van der Waals surface area (Å²) in [5, 5.41) is 2.95. The number of aryl methyl sites for hydroxylation is 2. The molecule has 0 fully saturated rings. The average molecular weight is 402 g/mol. The van der Waals surface area contributed by atoms with Crippen molar-refractivity contribution in [2.45, 2.75) is 26.3 Å². The Morgan fingerprint density at radius 2 is 1.67 bits per heavy atom. The standard InChI is InChI=1S/C25H23FN2O2/c1-17-4-6-18(7-5-17)16-27-24(29)21-10-13-23-20(15-21)3-2-14-28(23)25(30)19-8-11-22(26)12-9-19/h4-13,15H,2-3,14,16H2,1H3,(H,27,29). The molecule has 30 heavy (non-hydrogen) atoms. The molecule has 3 aromatic carbocycles. The van der Waals surface area contributed by atoms with Crippen LogP contribution in [0, 0.1) is 12.7 Å². The van der Waals surface area contributed by atoms with E-state index < -0.39 is 0 Å². The maximum absolute atomic E-state index is 13.2. The van der Waals surface area contributed by atoms with Gasteiger partial charge in [-0.1, -0.05) is 29.8 Å². The topological polar surface area (TPSA) is 49.4 Å². The van der Waals surface area contributed by atoms with Crippen LogP contribution < -0.4 is 10.2 Å². The molecule has 0 aliphatic carbocycles. The van der Waals surface area contributed by atoms with Crippen LogP contribution in [0.15, 0.2) is 66.7 Å². The fraction of sp³-hybridized carbons (Fsp3) is 0.200. The molecule has 1 aliphatic heterocycles. The third-order valence-electron chi connectivity index (χ3n) is 5.37. The number of rotatable bonds is 4. The number of carbonyl (C=O) groups excluding carboxylic acids is 2. The van der Waals surface area contributed by atoms with Crippen LogP contribution in [0.2, 0.25) is 0 Å². The molecular weight excluding hydrogens is 379 g/mol. The lowest BCUT2D eigenvalue weighted by Crippen LogP contribution is -2.35. The summed E-state index contributed by atoms with van der Waals surface area (Å²) in [5.74, 6) is -0.667. The first-order valence-corrected chi connectivity index (χ1v) is 10.1. The summed E-state index contributed by atoms with van der Waals surface area (Å²) < 4.78 is 13.2. The molecular formula is C25H23FN2O2. The SMILES string of the molecule is Cc1ccc(CNC(=O)c2ccc3c(c2)CCCN3C(=O)c2ccc(F)cc2)cc1. The van der Waals surface area contributed by atoms with Gasteiger partial charge in [-0.25, -0.2) is 4.39 Å². The largest absolute Gasteiger partial charge is 0.348 e. The van der Waals surface area contributed by atoms with Gasteiger partial charge in [0.25, 0.3) is 11.8 Å². The molecule has 1 heterocycles. The van der Waals surface area contributed by atoms with Crippen molar-refractivity contribution in [3.8, 4) is 0 Å². The summed E-state index contributed by atoms with van der Waals surface area (Å²) in [6.07, 6.45) is 1.62. The predicted octanol–water partition coefficient (Wildman–Crippen LogP) is 4.66. The lowest BCUT2D eigenvalue weighted by Gasteiger charge is -2.30. The van der Waals surface area contributed by atoms with Crippen molar-refractivity contribution in [1.82, 2.24) is 5.32 Å². The number of hydrogen-bond donors (Lipinski definition) is 1. The molecule has 3 aromatic rings. The Morgan fingerprint density at radius 1 is 0.967 bits per heavy atom. The molecule has 0 spiro atoms. The fourth-order valence-electron chi connectivity index (χ4n) is 3.69. The minimum Gasteiger partial charge on any atom is -0.348 e. The highest BCUT2D eigenvalue weighted by Crippen LogP contribution is 2.29. The Balaban J connectivity index is 1.49. The first-order chi connectivity index (χ1) is 14.5. The third kappa shape index (κ3) is 4.25. The first kappa shape index (κ1) is 19.8. The molecule has 0 aromatic heterocycles. The minimum atomic E-state index is -0.369. The maximum Gasteiger partial charge on any atom is 0.258 e. The highest BCUT2D eigenvalue weighted by molar-refractivity contribution is 6.07. The second-order valence-corrected chi connectivity index (χ2v) is 7.58. The van der Waals surface area contributed by atoms with Crippen LogP contribution in [0.1, 0.15) is 43.8 Å². The molecule has 0 saturated heterocycles. The van der Waals surface area contributed by atoms with Crippen LogP contribution in [0.25, 0.3) is 0 Å². The lowest BCUT2D eigenvalue weighted by molar-refractivity contribution is 0.0950. The summed E-state index contributed by atoms with van der Waals surface area (Å²) in [4.78, 5) is 27.2. The van der Waals surface area contributed by atoms with Crippen molar-refractivity contribution in [3.63, 3.8) is 0 Å². The van der Waals surface area contributed by atoms with Crippen LogP contribution in [-0.4, -0.2) is 18.4 Å². The van der Waals surface area contributed by atoms with Gasteiger partial charge in [0.15, 0.2) is 0 Å². The number of hydrogen-bond acceptors (Lipinski definition) is 2. The average Bonchev–Trinajstić information content (AvgIpc) is 2.77. The Labute approximate surface area is 175 Å². The summed E-state index contributed by atoms with van der Waals surface area (Å²) in [5.41, 5.74) is 5.04. The van der Waals surface area contributed by atoms with Crippen LogP contribution in [0.5, 0.6) is 0 Å². The Bertz CT molecular complexity index is 1080. The van der Waals surface area contributed by atoms with Crippen LogP contribution in [0.4, 0.5) is 10.1 Å². The zero-order chi connectivity index (χ0) is 21.1. The number of nitrogens with one attached hydrogen (secondary N) is 1. The van der Waals surface area contributed by atoms with E-state index in [2.05, 4.69) is 5.32 Å². The number of carbonyl (C=O) groups is 2. The monoisotopic (exact) mass is 402 g/mol. The number of halogens is 1. The van der Waals surface area contributed by atoms with Crippen LogP contribution in [-0.2, 0) is 13.0 Å². The van der Waals surface area contributed by atoms with E-state index in [1.54, 1.807) is 11.0 Å². The Morgan fingerprint density at radius 3 is 2.40 bits per heavy atom. The van der Waals surface area contributed by atoms with Gasteiger partial charge in [-0.2, -0.15) is 0 Å². The van der Waals surface area contributed by atoms with Crippen LogP contribution in [0.3, 0.4) is 0 Å². The molecule has 0 bridgehead atoms. The van der Waals surface area contributed by atoms with E-state index in [1.807, 2.05) is 43.3 Å². The van der Waals surface area contributed by atoms with E-state index in [0.29, 0.717) is 24.2 Å². The summed E-state index contributed by atoms with van der Waals surface area (Å²) in [7, 11) is 0. The number of anilines is 1. The highest BCUT2D eigenvalue weighted by atomic mass is 19.1. The summed E-state index contributed by atoms with van der Waals surface area (Å²) in [6.45, 7) is 3.09. The van der Waals surface area contributed by atoms with Crippen molar-refractivity contribution in [1.29, 1.82) is 0 Å². The van der Waals surface area contributed by atoms with Crippen molar-refractivity contribution in [2.75, 3.05) is 11.4 Å². The van der Waals surface area contributed by atoms with Crippen molar-refractivity contribution in [3.05, 3.63) is 100 Å². The van der Waals surface area contributed by atoms with Gasteiger partial charge in [-0.15, -0.1) is 0 Å². The smallest absolute Gasteiger partial charge is 0.258 e. The molecule has 0 radical (unpaired) electrons. The lowest BCUT2D eigenvalue weighted by atomic mass is 9.98. The van der Waals surface area contributed by atoms with Gasteiger partial charge in [0.1, 0.15) is 5.82 Å².